The van der Waals surface area contributed by atoms with Gasteiger partial charge in [0.05, 0.1) is 122 Å². The van der Waals surface area contributed by atoms with Gasteiger partial charge in [-0.15, -0.1) is 34.0 Å². The van der Waals surface area contributed by atoms with Gasteiger partial charge in [-0.1, -0.05) is 199 Å². The molecule has 23 nitrogen and oxygen atoms in total. The van der Waals surface area contributed by atoms with Gasteiger partial charge in [0.25, 0.3) is 0 Å². The Morgan fingerprint density at radius 1 is 0.453 bits per heavy atom. The molecule has 0 bridgehead atoms. The number of aliphatic hydroxyl groups excluding tert-OH is 5. The molecule has 12 atom stereocenters. The standard InChI is InChI=1S/C30H38FN3O4S.2C30H39N3O5S/c1-17(2)27(25-13-26(33-38-25)30(4,5)6)29(37)34-15-22(35)12-23(34)24(36)11-21(14-31)19-7-9-20(10-8-19)28-18(3)32-16-39-28;1-17(2)27(25-13-26(32-38-25)30(4,5)6)29(37)33-14-22(35)12-23(33)24(36)11-21(15-34)19-7-9-20(10-8-19)28-18(3)31-16-39-28;1-17(2)27(25-13-26(32-38-25)30(4,5)6)29(37)33-14-21(35)12-23(33)24(36)11-18(3)19-7-9-20(10-8-19)28-22(15-34)31-16-39-28/h7-10,13,16-17,21-23,27,35H,11-12,14-15H2,1-6H3;7-10,13,16-17,21-23,27,34-35H,11-12,14-15H2,1-6H3;7-10,13,16-18,21,23,27,34-35H,11-12,14-15H2,1-6H3. The van der Waals surface area contributed by atoms with Gasteiger partial charge in [0, 0.05) is 104 Å². The van der Waals surface area contributed by atoms with Crippen molar-refractivity contribution in [2.45, 2.75) is 258 Å². The summed E-state index contributed by atoms with van der Waals surface area (Å²) in [6.07, 6.45) is -1.52. The maximum atomic E-state index is 14.2. The summed E-state index contributed by atoms with van der Waals surface area (Å²) in [5.41, 5.74) is 15.1. The van der Waals surface area contributed by atoms with Crippen molar-refractivity contribution in [3.8, 4) is 31.3 Å². The predicted octanol–water partition coefficient (Wildman–Crippen LogP) is 15.7. The van der Waals surface area contributed by atoms with E-state index in [1.165, 1.54) is 21.1 Å². The summed E-state index contributed by atoms with van der Waals surface area (Å²) in [5, 5.41) is 63.7. The van der Waals surface area contributed by atoms with E-state index in [9.17, 15) is 58.7 Å². The highest BCUT2D eigenvalue weighted by Gasteiger charge is 2.48. The average Bonchev–Trinajstić information content (AvgIpc) is 1.67. The molecule has 0 spiro atoms. The highest BCUT2D eigenvalue weighted by Crippen LogP contribution is 2.41. The first-order valence-electron chi connectivity index (χ1n) is 40.5. The summed E-state index contributed by atoms with van der Waals surface area (Å²) >= 11 is 4.60. The van der Waals surface area contributed by atoms with Crippen LogP contribution in [0.1, 0.15) is 253 Å². The van der Waals surface area contributed by atoms with Gasteiger partial charge in [0.1, 0.15) is 35.0 Å². The van der Waals surface area contributed by atoms with Gasteiger partial charge >= 0.3 is 0 Å². The van der Waals surface area contributed by atoms with E-state index in [0.29, 0.717) is 23.0 Å². The van der Waals surface area contributed by atoms with Gasteiger partial charge in [0.2, 0.25) is 17.7 Å². The highest BCUT2D eigenvalue weighted by molar-refractivity contribution is 7.14. The Kier molecular flexibility index (Phi) is 29.9. The second-order valence-electron chi connectivity index (χ2n) is 35.8. The maximum absolute atomic E-state index is 14.2. The van der Waals surface area contributed by atoms with Crippen LogP contribution in [-0.4, -0.2) is 175 Å². The first-order chi connectivity index (χ1) is 55.2. The van der Waals surface area contributed by atoms with Crippen molar-refractivity contribution in [1.29, 1.82) is 0 Å². The minimum atomic E-state index is -0.818. The molecule has 3 amide bonds. The van der Waals surface area contributed by atoms with E-state index in [1.807, 2.05) is 221 Å². The Hall–Kier alpha value is -8.67. The number of Topliss-reactive ketones (excluding diaryl/α,β-unsaturated/α-hetero) is 3. The summed E-state index contributed by atoms with van der Waals surface area (Å²) in [6, 6.07) is 26.5. The van der Waals surface area contributed by atoms with Crippen LogP contribution in [0.4, 0.5) is 4.39 Å². The van der Waals surface area contributed by atoms with E-state index in [1.54, 1.807) is 38.6 Å². The van der Waals surface area contributed by atoms with E-state index in [-0.39, 0.29) is 146 Å². The zero-order valence-electron chi connectivity index (χ0n) is 70.6. The number of carbonyl (C=O) groups is 6. The van der Waals surface area contributed by atoms with Gasteiger partial charge in [-0.25, -0.2) is 15.0 Å². The fourth-order valence-electron chi connectivity index (χ4n) is 15.6. The number of thiazole rings is 3. The second kappa shape index (κ2) is 38.6. The number of aromatic nitrogens is 6. The molecule has 27 heteroatoms. The number of hydrogen-bond donors (Lipinski definition) is 5. The Bertz CT molecular complexity index is 4630. The van der Waals surface area contributed by atoms with Crippen LogP contribution < -0.4 is 0 Å². The molecule has 12 rings (SSSR count). The lowest BCUT2D eigenvalue weighted by Crippen LogP contribution is -2.44. The molecule has 3 saturated heterocycles. The van der Waals surface area contributed by atoms with Gasteiger partial charge < -0.3 is 53.8 Å². The molecule has 9 aromatic rings. The van der Waals surface area contributed by atoms with E-state index in [4.69, 9.17) is 13.6 Å². The number of aliphatic hydroxyl groups is 5. The summed E-state index contributed by atoms with van der Waals surface area (Å²) in [5.74, 6) is -3.06. The number of rotatable bonds is 27. The van der Waals surface area contributed by atoms with Crippen molar-refractivity contribution in [1.82, 2.24) is 45.1 Å². The number of β-amino-alcohol motifs (C(OH)–C–C–N with tert-alkyl or cyclic N) is 3. The van der Waals surface area contributed by atoms with E-state index < -0.39 is 72.7 Å². The van der Waals surface area contributed by atoms with Crippen LogP contribution in [0, 0.1) is 31.6 Å². The van der Waals surface area contributed by atoms with Gasteiger partial charge in [0.15, 0.2) is 17.3 Å². The largest absolute Gasteiger partial charge is 0.396 e. The molecule has 12 unspecified atom stereocenters. The molecule has 3 aliphatic rings. The topological polar surface area (TPSA) is 330 Å². The predicted molar refractivity (Wildman–Crippen MR) is 451 cm³/mol. The number of alkyl halides is 1. The summed E-state index contributed by atoms with van der Waals surface area (Å²) < 4.78 is 31.1. The molecular weight excluding hydrogens is 1550 g/mol. The van der Waals surface area contributed by atoms with E-state index >= 15 is 0 Å². The quantitative estimate of drug-likeness (QED) is 0.0319. The lowest BCUT2D eigenvalue weighted by Gasteiger charge is -2.29. The van der Waals surface area contributed by atoms with Crippen molar-refractivity contribution in [3.05, 3.63) is 176 Å². The number of halogens is 1. The monoisotopic (exact) mass is 1660 g/mol. The fraction of sp³-hybridized carbons (Fsp3) is 0.533. The first-order valence-corrected chi connectivity index (χ1v) is 43.1. The summed E-state index contributed by atoms with van der Waals surface area (Å²) in [7, 11) is 0. The second-order valence-corrected chi connectivity index (χ2v) is 38.3. The zero-order chi connectivity index (χ0) is 85.4. The Morgan fingerprint density at radius 2 is 0.761 bits per heavy atom. The van der Waals surface area contributed by atoms with Crippen LogP contribution in [0.2, 0.25) is 0 Å². The normalized spacial score (nSPS) is 19.5. The molecule has 6 aromatic heterocycles. The number of ketones is 3. The number of hydrogen-bond acceptors (Lipinski definition) is 23. The van der Waals surface area contributed by atoms with Gasteiger partial charge in [-0.3, -0.25) is 33.2 Å². The number of carbonyl (C=O) groups excluding carboxylic acids is 6. The molecule has 630 valence electrons. The van der Waals surface area contributed by atoms with E-state index in [2.05, 4.69) is 30.4 Å². The molecule has 0 aliphatic carbocycles. The maximum Gasteiger partial charge on any atom is 0.234 e. The van der Waals surface area contributed by atoms with Crippen LogP contribution in [0.25, 0.3) is 31.3 Å². The lowest BCUT2D eigenvalue weighted by atomic mass is 9.87. The van der Waals surface area contributed by atoms with Crippen molar-refractivity contribution < 1.29 is 72.3 Å². The molecule has 9 heterocycles. The third kappa shape index (κ3) is 21.7. The molecule has 0 radical (unpaired) electrons. The van der Waals surface area contributed by atoms with Crippen LogP contribution in [0.3, 0.4) is 0 Å². The van der Waals surface area contributed by atoms with Crippen LogP contribution in [0.5, 0.6) is 0 Å². The minimum absolute atomic E-state index is 0.0561. The number of benzene rings is 3. The van der Waals surface area contributed by atoms with Crippen molar-refractivity contribution in [3.63, 3.8) is 0 Å². The lowest BCUT2D eigenvalue weighted by molar-refractivity contribution is -0.140. The van der Waals surface area contributed by atoms with Crippen molar-refractivity contribution in [2.24, 2.45) is 17.8 Å². The average molecular weight is 1660 g/mol. The third-order valence-corrected chi connectivity index (χ3v) is 25.4. The molecular formula is C90H116FN9O14S3. The summed E-state index contributed by atoms with van der Waals surface area (Å²) in [6.45, 7) is 35.0. The van der Waals surface area contributed by atoms with Gasteiger partial charge in [-0.05, 0) is 70.9 Å². The zero-order valence-corrected chi connectivity index (χ0v) is 73.0. The van der Waals surface area contributed by atoms with Crippen molar-refractivity contribution in [2.75, 3.05) is 32.9 Å². The molecule has 5 N–H and O–H groups in total. The molecule has 3 aromatic carbocycles. The highest BCUT2D eigenvalue weighted by atomic mass is 32.1. The third-order valence-electron chi connectivity index (χ3n) is 22.5. The SMILES string of the molecule is CC(CC(=O)C1CC(O)CN1C(=O)C(c1cc(C(C)(C)C)no1)C(C)C)c1ccc(-c2scnc2CO)cc1.Cc1ncsc1-c1ccc(C(CF)CC(=O)C2CC(O)CN2C(=O)C(c2cc(C(C)(C)C)no2)C(C)C)cc1.Cc1ncsc1-c1ccc(C(CO)CC(=O)C2CC(O)CN2C(=O)C(c2cc(C(C)(C)C)no2)C(C)C)cc1. The Balaban J connectivity index is 0.000000185. The first kappa shape index (κ1) is 90.7. The molecule has 3 aliphatic heterocycles. The van der Waals surface area contributed by atoms with Gasteiger partial charge in [-0.2, -0.15) is 0 Å². The molecule has 0 saturated carbocycles. The molecule has 3 fully saturated rings. The Morgan fingerprint density at radius 3 is 1.06 bits per heavy atom. The molecule has 117 heavy (non-hydrogen) atoms. The van der Waals surface area contributed by atoms with Crippen LogP contribution in [0.15, 0.2) is 121 Å². The smallest absolute Gasteiger partial charge is 0.234 e. The Labute approximate surface area is 697 Å². The minimum Gasteiger partial charge on any atom is -0.396 e. The fourth-order valence-corrected chi connectivity index (χ4v) is 18.0. The summed E-state index contributed by atoms with van der Waals surface area (Å²) in [4.78, 5) is 102. The van der Waals surface area contributed by atoms with Crippen molar-refractivity contribution >= 4 is 69.1 Å². The van der Waals surface area contributed by atoms with Crippen LogP contribution in [-0.2, 0) is 51.6 Å². The number of amides is 3. The number of aryl methyl sites for hydroxylation is 2. The van der Waals surface area contributed by atoms with E-state index in [0.717, 1.165) is 76.5 Å². The number of nitrogens with zero attached hydrogens (tertiary/aromatic N) is 9. The number of likely N-dealkylation sites (tertiary alicyclic amines) is 3. The van der Waals surface area contributed by atoms with Crippen LogP contribution >= 0.6 is 34.0 Å².